The minimum Gasteiger partial charge on any atom is -0.396 e. The third kappa shape index (κ3) is 4.44. The minimum absolute atomic E-state index is 0.132. The Bertz CT molecular complexity index is 317. The van der Waals surface area contributed by atoms with Crippen LogP contribution in [0.1, 0.15) is 23.7 Å². The van der Waals surface area contributed by atoms with E-state index in [1.807, 2.05) is 24.3 Å². The van der Waals surface area contributed by atoms with Crippen LogP contribution >= 0.6 is 0 Å². The Morgan fingerprint density at radius 1 is 1.35 bits per heavy atom. The smallest absolute Gasteiger partial charge is 0.0950 e. The van der Waals surface area contributed by atoms with E-state index in [-0.39, 0.29) is 12.7 Å². The SMILES string of the molecule is COCc1ccccc1C(CN)OCCCO. The third-order valence-corrected chi connectivity index (χ3v) is 2.54. The van der Waals surface area contributed by atoms with Crippen molar-refractivity contribution in [1.29, 1.82) is 0 Å². The van der Waals surface area contributed by atoms with Crippen LogP contribution < -0.4 is 5.73 Å². The van der Waals surface area contributed by atoms with Crippen LogP contribution in [0.3, 0.4) is 0 Å². The highest BCUT2D eigenvalue weighted by Gasteiger charge is 2.13. The van der Waals surface area contributed by atoms with E-state index >= 15 is 0 Å². The molecule has 1 atom stereocenters. The molecule has 0 amide bonds. The van der Waals surface area contributed by atoms with Crippen LogP contribution in [-0.4, -0.2) is 32.0 Å². The molecule has 0 bridgehead atoms. The lowest BCUT2D eigenvalue weighted by Crippen LogP contribution is -2.18. The van der Waals surface area contributed by atoms with E-state index < -0.39 is 0 Å². The number of hydrogen-bond donors (Lipinski definition) is 2. The molecule has 1 unspecified atom stereocenters. The van der Waals surface area contributed by atoms with Gasteiger partial charge >= 0.3 is 0 Å². The highest BCUT2D eigenvalue weighted by atomic mass is 16.5. The van der Waals surface area contributed by atoms with Crippen molar-refractivity contribution in [2.45, 2.75) is 19.1 Å². The van der Waals surface area contributed by atoms with E-state index in [1.54, 1.807) is 7.11 Å². The van der Waals surface area contributed by atoms with Gasteiger partial charge in [-0.1, -0.05) is 24.3 Å². The molecule has 0 fully saturated rings. The number of nitrogens with two attached hydrogens (primary N) is 1. The van der Waals surface area contributed by atoms with Crippen LogP contribution in [0.2, 0.25) is 0 Å². The highest BCUT2D eigenvalue weighted by Crippen LogP contribution is 2.21. The van der Waals surface area contributed by atoms with Gasteiger partial charge in [0.15, 0.2) is 0 Å². The van der Waals surface area contributed by atoms with E-state index in [0.717, 1.165) is 11.1 Å². The molecule has 0 aromatic heterocycles. The van der Waals surface area contributed by atoms with Crippen LogP contribution in [0.25, 0.3) is 0 Å². The van der Waals surface area contributed by atoms with Gasteiger partial charge in [0.25, 0.3) is 0 Å². The average molecular weight is 239 g/mol. The molecule has 0 saturated carbocycles. The maximum absolute atomic E-state index is 8.73. The van der Waals surface area contributed by atoms with Gasteiger partial charge in [-0.3, -0.25) is 0 Å². The Kier molecular flexibility index (Phi) is 6.81. The zero-order valence-corrected chi connectivity index (χ0v) is 10.3. The first-order valence-corrected chi connectivity index (χ1v) is 5.82. The summed E-state index contributed by atoms with van der Waals surface area (Å²) in [7, 11) is 1.67. The zero-order chi connectivity index (χ0) is 12.5. The molecule has 0 aliphatic carbocycles. The molecular formula is C13H21NO3. The van der Waals surface area contributed by atoms with Crippen molar-refractivity contribution in [1.82, 2.24) is 0 Å². The van der Waals surface area contributed by atoms with Crippen molar-refractivity contribution in [3.05, 3.63) is 35.4 Å². The van der Waals surface area contributed by atoms with Crippen molar-refractivity contribution in [3.8, 4) is 0 Å². The summed E-state index contributed by atoms with van der Waals surface area (Å²) in [5, 5.41) is 8.73. The molecule has 1 aromatic carbocycles. The average Bonchev–Trinajstić information content (AvgIpc) is 2.36. The Balaban J connectivity index is 2.72. The topological polar surface area (TPSA) is 64.7 Å². The summed E-state index contributed by atoms with van der Waals surface area (Å²) in [6.45, 7) is 1.62. The molecule has 0 heterocycles. The predicted molar refractivity (Wildman–Crippen MR) is 66.6 cm³/mol. The second-order valence-corrected chi connectivity index (χ2v) is 3.80. The molecule has 17 heavy (non-hydrogen) atoms. The van der Waals surface area contributed by atoms with Gasteiger partial charge < -0.3 is 20.3 Å². The van der Waals surface area contributed by atoms with E-state index in [4.69, 9.17) is 20.3 Å². The minimum atomic E-state index is -0.132. The molecule has 0 spiro atoms. The first-order chi connectivity index (χ1) is 8.33. The first kappa shape index (κ1) is 14.1. The van der Waals surface area contributed by atoms with Gasteiger partial charge in [0, 0.05) is 26.9 Å². The molecule has 0 saturated heterocycles. The van der Waals surface area contributed by atoms with Crippen LogP contribution in [0.4, 0.5) is 0 Å². The van der Waals surface area contributed by atoms with Gasteiger partial charge in [0.2, 0.25) is 0 Å². The van der Waals surface area contributed by atoms with Gasteiger partial charge in [-0.2, -0.15) is 0 Å². The molecule has 4 heteroatoms. The molecular weight excluding hydrogens is 218 g/mol. The van der Waals surface area contributed by atoms with Crippen LogP contribution in [0, 0.1) is 0 Å². The molecule has 1 aromatic rings. The summed E-state index contributed by atoms with van der Waals surface area (Å²) in [4.78, 5) is 0. The number of methoxy groups -OCH3 is 1. The second kappa shape index (κ2) is 8.20. The van der Waals surface area contributed by atoms with E-state index in [0.29, 0.717) is 26.2 Å². The molecule has 0 aliphatic heterocycles. The molecule has 3 N–H and O–H groups in total. The molecule has 96 valence electrons. The Morgan fingerprint density at radius 3 is 2.76 bits per heavy atom. The fourth-order valence-electron chi connectivity index (χ4n) is 1.71. The van der Waals surface area contributed by atoms with Crippen molar-refractivity contribution in [2.24, 2.45) is 5.73 Å². The normalized spacial score (nSPS) is 12.6. The lowest BCUT2D eigenvalue weighted by atomic mass is 10.0. The maximum atomic E-state index is 8.73. The predicted octanol–water partition coefficient (Wildman–Crippen LogP) is 1.23. The van der Waals surface area contributed by atoms with Gasteiger partial charge in [0.05, 0.1) is 12.7 Å². The monoisotopic (exact) mass is 239 g/mol. The number of aliphatic hydroxyl groups is 1. The van der Waals surface area contributed by atoms with Gasteiger partial charge in [0.1, 0.15) is 0 Å². The summed E-state index contributed by atoms with van der Waals surface area (Å²) in [6.07, 6.45) is 0.496. The van der Waals surface area contributed by atoms with Crippen molar-refractivity contribution in [2.75, 3.05) is 26.9 Å². The van der Waals surface area contributed by atoms with Gasteiger partial charge in [-0.25, -0.2) is 0 Å². The zero-order valence-electron chi connectivity index (χ0n) is 10.3. The number of ether oxygens (including phenoxy) is 2. The van der Waals surface area contributed by atoms with Gasteiger partial charge in [-0.15, -0.1) is 0 Å². The van der Waals surface area contributed by atoms with Crippen LogP contribution in [-0.2, 0) is 16.1 Å². The number of benzene rings is 1. The number of hydrogen-bond acceptors (Lipinski definition) is 4. The van der Waals surface area contributed by atoms with E-state index in [1.165, 1.54) is 0 Å². The third-order valence-electron chi connectivity index (χ3n) is 2.54. The maximum Gasteiger partial charge on any atom is 0.0950 e. The molecule has 0 radical (unpaired) electrons. The summed E-state index contributed by atoms with van der Waals surface area (Å²) < 4.78 is 10.8. The van der Waals surface area contributed by atoms with Crippen molar-refractivity contribution >= 4 is 0 Å². The first-order valence-electron chi connectivity index (χ1n) is 5.82. The summed E-state index contributed by atoms with van der Waals surface area (Å²) in [5.41, 5.74) is 7.88. The summed E-state index contributed by atoms with van der Waals surface area (Å²) in [5.74, 6) is 0. The Hall–Kier alpha value is -0.940. The number of aliphatic hydroxyl groups excluding tert-OH is 1. The highest BCUT2D eigenvalue weighted by molar-refractivity contribution is 5.29. The largest absolute Gasteiger partial charge is 0.396 e. The van der Waals surface area contributed by atoms with Crippen LogP contribution in [0.15, 0.2) is 24.3 Å². The fourth-order valence-corrected chi connectivity index (χ4v) is 1.71. The molecule has 0 aliphatic rings. The van der Waals surface area contributed by atoms with Crippen molar-refractivity contribution in [3.63, 3.8) is 0 Å². The van der Waals surface area contributed by atoms with Gasteiger partial charge in [-0.05, 0) is 17.5 Å². The molecule has 4 nitrogen and oxygen atoms in total. The Morgan fingerprint density at radius 2 is 2.12 bits per heavy atom. The second-order valence-electron chi connectivity index (χ2n) is 3.80. The summed E-state index contributed by atoms with van der Waals surface area (Å²) in [6, 6.07) is 7.95. The van der Waals surface area contributed by atoms with Crippen LogP contribution in [0.5, 0.6) is 0 Å². The number of rotatable bonds is 8. The Labute approximate surface area is 102 Å². The quantitative estimate of drug-likeness (QED) is 0.670. The fraction of sp³-hybridized carbons (Fsp3) is 0.538. The molecule has 1 rings (SSSR count). The van der Waals surface area contributed by atoms with E-state index in [9.17, 15) is 0 Å². The van der Waals surface area contributed by atoms with Crippen molar-refractivity contribution < 1.29 is 14.6 Å². The van der Waals surface area contributed by atoms with E-state index in [2.05, 4.69) is 0 Å². The lowest BCUT2D eigenvalue weighted by Gasteiger charge is -2.19. The summed E-state index contributed by atoms with van der Waals surface area (Å²) >= 11 is 0. The lowest BCUT2D eigenvalue weighted by molar-refractivity contribution is 0.0471. The standard InChI is InChI=1S/C13H21NO3/c1-16-10-11-5-2-3-6-12(11)13(9-14)17-8-4-7-15/h2-3,5-6,13,15H,4,7-10,14H2,1H3.